The number of carbonyl (C=O) groups is 1. The van der Waals surface area contributed by atoms with E-state index in [1.54, 1.807) is 0 Å². The molecule has 1 saturated heterocycles. The minimum atomic E-state index is -0.358. The summed E-state index contributed by atoms with van der Waals surface area (Å²) < 4.78 is 0. The first kappa shape index (κ1) is 16.8. The number of anilines is 1. The van der Waals surface area contributed by atoms with Crippen molar-refractivity contribution < 1.29 is 4.79 Å². The van der Waals surface area contributed by atoms with Gasteiger partial charge in [0.15, 0.2) is 5.13 Å². The molecule has 1 aliphatic rings. The number of halogens is 1. The molecule has 0 radical (unpaired) electrons. The molecule has 1 aromatic rings. The van der Waals surface area contributed by atoms with E-state index in [0.717, 1.165) is 43.9 Å². The van der Waals surface area contributed by atoms with Crippen LogP contribution in [0.1, 0.15) is 37.5 Å². The van der Waals surface area contributed by atoms with Crippen LogP contribution in [0.15, 0.2) is 5.57 Å². The van der Waals surface area contributed by atoms with Crippen LogP contribution in [0.3, 0.4) is 0 Å². The topological polar surface area (TPSA) is 69.0 Å². The maximum Gasteiger partial charge on any atom is 0.261 e. The fourth-order valence-electron chi connectivity index (χ4n) is 2.19. The van der Waals surface area contributed by atoms with Crippen molar-refractivity contribution in [3.05, 3.63) is 15.6 Å². The summed E-state index contributed by atoms with van der Waals surface area (Å²) in [6.07, 6.45) is 5.73. The molecule has 0 aromatic carbocycles. The van der Waals surface area contributed by atoms with Crippen LogP contribution in [0.5, 0.6) is 0 Å². The quantitative estimate of drug-likeness (QED) is 0.491. The molecule has 0 unspecified atom stereocenters. The predicted molar refractivity (Wildman–Crippen MR) is 90.1 cm³/mol. The van der Waals surface area contributed by atoms with Gasteiger partial charge < -0.3 is 10.2 Å². The second-order valence-corrected chi connectivity index (χ2v) is 6.49. The van der Waals surface area contributed by atoms with Crippen molar-refractivity contribution in [2.75, 3.05) is 24.5 Å². The Hall–Kier alpha value is -1.58. The molecule has 118 valence electrons. The molecular weight excluding hydrogens is 320 g/mol. The number of aromatic nitrogens is 1. The van der Waals surface area contributed by atoms with E-state index in [9.17, 15) is 10.1 Å². The van der Waals surface area contributed by atoms with E-state index in [-0.39, 0.29) is 11.5 Å². The first-order valence-corrected chi connectivity index (χ1v) is 8.66. The number of nitriles is 1. The van der Waals surface area contributed by atoms with E-state index in [1.165, 1.54) is 17.4 Å². The summed E-state index contributed by atoms with van der Waals surface area (Å²) in [6, 6.07) is 1.94. The lowest BCUT2D eigenvalue weighted by Gasteiger charge is -2.11. The molecule has 0 spiro atoms. The third kappa shape index (κ3) is 4.21. The lowest BCUT2D eigenvalue weighted by Crippen LogP contribution is -2.25. The number of hydrogen-bond acceptors (Lipinski definition) is 5. The molecule has 2 rings (SSSR count). The van der Waals surface area contributed by atoms with Crippen LogP contribution in [-0.4, -0.2) is 30.5 Å². The molecule has 22 heavy (non-hydrogen) atoms. The van der Waals surface area contributed by atoms with Gasteiger partial charge in [-0.05, 0) is 25.3 Å². The van der Waals surface area contributed by atoms with Crippen molar-refractivity contribution in [1.29, 1.82) is 5.26 Å². The zero-order valence-corrected chi connectivity index (χ0v) is 14.1. The van der Waals surface area contributed by atoms with E-state index < -0.39 is 0 Å². The van der Waals surface area contributed by atoms with Gasteiger partial charge in [-0.15, -0.1) is 0 Å². The van der Waals surface area contributed by atoms with Gasteiger partial charge in [-0.2, -0.15) is 5.26 Å². The first-order valence-electron chi connectivity index (χ1n) is 7.47. The van der Waals surface area contributed by atoms with Gasteiger partial charge in [0.05, 0.1) is 4.88 Å². The summed E-state index contributed by atoms with van der Waals surface area (Å²) in [5.74, 6) is -0.358. The van der Waals surface area contributed by atoms with Gasteiger partial charge in [-0.25, -0.2) is 4.98 Å². The fraction of sp³-hybridized carbons (Fsp3) is 0.533. The third-order valence-electron chi connectivity index (χ3n) is 3.43. The van der Waals surface area contributed by atoms with Gasteiger partial charge in [-0.3, -0.25) is 4.79 Å². The molecule has 1 amide bonds. The van der Waals surface area contributed by atoms with Crippen molar-refractivity contribution in [3.63, 3.8) is 0 Å². The van der Waals surface area contributed by atoms with Gasteiger partial charge in [0.25, 0.3) is 5.91 Å². The molecule has 1 aliphatic heterocycles. The van der Waals surface area contributed by atoms with Crippen LogP contribution in [0, 0.1) is 11.3 Å². The number of thiazole rings is 1. The maximum absolute atomic E-state index is 12.0. The molecule has 1 fully saturated rings. The highest BCUT2D eigenvalue weighted by Gasteiger charge is 2.19. The van der Waals surface area contributed by atoms with E-state index in [2.05, 4.69) is 15.2 Å². The zero-order chi connectivity index (χ0) is 15.9. The summed E-state index contributed by atoms with van der Waals surface area (Å²) in [6.45, 7) is 4.58. The lowest BCUT2D eigenvalue weighted by molar-refractivity contribution is -0.117. The van der Waals surface area contributed by atoms with E-state index in [4.69, 9.17) is 11.6 Å². The molecule has 2 heterocycles. The first-order chi connectivity index (χ1) is 10.7. The zero-order valence-electron chi connectivity index (χ0n) is 12.6. The standard InChI is InChI=1S/C15H19ClN4OS/c1-2-3-6-18-14(21)11(10-17)9-12-13(16)19-15(22-12)20-7-4-5-8-20/h9H,2-8H2,1H3,(H,18,21). The minimum absolute atomic E-state index is 0.0645. The number of unbranched alkanes of at least 4 members (excludes halogenated alkanes) is 1. The highest BCUT2D eigenvalue weighted by molar-refractivity contribution is 7.17. The predicted octanol–water partition coefficient (Wildman–Crippen LogP) is 3.22. The molecule has 1 N–H and O–H groups in total. The van der Waals surface area contributed by atoms with E-state index in [1.807, 2.05) is 13.0 Å². The van der Waals surface area contributed by atoms with Crippen molar-refractivity contribution in [3.8, 4) is 6.07 Å². The maximum atomic E-state index is 12.0. The Morgan fingerprint density at radius 1 is 1.55 bits per heavy atom. The van der Waals surface area contributed by atoms with Crippen molar-refractivity contribution >= 4 is 40.1 Å². The molecule has 7 heteroatoms. The number of nitrogens with zero attached hydrogens (tertiary/aromatic N) is 3. The van der Waals surface area contributed by atoms with Crippen LogP contribution in [0.25, 0.3) is 6.08 Å². The largest absolute Gasteiger partial charge is 0.351 e. The second-order valence-electron chi connectivity index (χ2n) is 5.12. The Labute approximate surface area is 139 Å². The van der Waals surface area contributed by atoms with Crippen LogP contribution < -0.4 is 10.2 Å². The molecule has 0 saturated carbocycles. The summed E-state index contributed by atoms with van der Waals surface area (Å²) >= 11 is 7.56. The summed E-state index contributed by atoms with van der Waals surface area (Å²) in [5.41, 5.74) is 0.0645. The minimum Gasteiger partial charge on any atom is -0.351 e. The Morgan fingerprint density at radius 3 is 2.91 bits per heavy atom. The van der Waals surface area contributed by atoms with Gasteiger partial charge in [-0.1, -0.05) is 36.3 Å². The number of carbonyl (C=O) groups excluding carboxylic acids is 1. The molecule has 0 atom stereocenters. The summed E-state index contributed by atoms with van der Waals surface area (Å²) in [5, 5.41) is 13.1. The Bertz CT molecular complexity index is 599. The monoisotopic (exact) mass is 338 g/mol. The molecule has 1 aromatic heterocycles. The lowest BCUT2D eigenvalue weighted by atomic mass is 10.2. The average Bonchev–Trinajstić information content (AvgIpc) is 3.14. The Morgan fingerprint density at radius 2 is 2.27 bits per heavy atom. The Balaban J connectivity index is 2.12. The normalized spacial score (nSPS) is 15.0. The van der Waals surface area contributed by atoms with Gasteiger partial charge in [0, 0.05) is 19.6 Å². The van der Waals surface area contributed by atoms with Gasteiger partial charge in [0.2, 0.25) is 0 Å². The Kier molecular flexibility index (Phi) is 6.22. The summed E-state index contributed by atoms with van der Waals surface area (Å²) in [4.78, 5) is 19.1. The van der Waals surface area contributed by atoms with Crippen LogP contribution in [-0.2, 0) is 4.79 Å². The number of rotatable bonds is 6. The van der Waals surface area contributed by atoms with E-state index in [0.29, 0.717) is 16.6 Å². The number of hydrogen-bond donors (Lipinski definition) is 1. The fourth-order valence-corrected chi connectivity index (χ4v) is 3.44. The second kappa shape index (κ2) is 8.16. The van der Waals surface area contributed by atoms with E-state index >= 15 is 0 Å². The number of nitrogens with one attached hydrogen (secondary N) is 1. The summed E-state index contributed by atoms with van der Waals surface area (Å²) in [7, 11) is 0. The molecule has 0 aliphatic carbocycles. The highest BCUT2D eigenvalue weighted by atomic mass is 35.5. The van der Waals surface area contributed by atoms with Crippen molar-refractivity contribution in [2.45, 2.75) is 32.6 Å². The molecular formula is C15H19ClN4OS. The van der Waals surface area contributed by atoms with Crippen LogP contribution in [0.4, 0.5) is 5.13 Å². The third-order valence-corrected chi connectivity index (χ3v) is 4.89. The molecule has 5 nitrogen and oxygen atoms in total. The van der Waals surface area contributed by atoms with Crippen molar-refractivity contribution in [1.82, 2.24) is 10.3 Å². The highest BCUT2D eigenvalue weighted by Crippen LogP contribution is 2.33. The number of amides is 1. The van der Waals surface area contributed by atoms with Crippen LogP contribution in [0.2, 0.25) is 5.15 Å². The molecule has 0 bridgehead atoms. The average molecular weight is 339 g/mol. The SMILES string of the molecule is CCCCNC(=O)C(C#N)=Cc1sc(N2CCCC2)nc1Cl. The van der Waals surface area contributed by atoms with Gasteiger partial charge >= 0.3 is 0 Å². The van der Waals surface area contributed by atoms with Gasteiger partial charge in [0.1, 0.15) is 16.8 Å². The smallest absolute Gasteiger partial charge is 0.261 e. The van der Waals surface area contributed by atoms with Crippen LogP contribution >= 0.6 is 22.9 Å². The van der Waals surface area contributed by atoms with Crippen molar-refractivity contribution in [2.24, 2.45) is 0 Å².